The number of nitriles is 2. The lowest BCUT2D eigenvalue weighted by molar-refractivity contribution is 0.678. The van der Waals surface area contributed by atoms with Crippen molar-refractivity contribution in [3.8, 4) is 59.5 Å². The minimum atomic E-state index is 0.584. The summed E-state index contributed by atoms with van der Waals surface area (Å²) in [5.74, 6) is 27.0. The molecule has 0 radical (unpaired) electrons. The van der Waals surface area contributed by atoms with Gasteiger partial charge in [0, 0.05) is 82.1 Å². The van der Waals surface area contributed by atoms with E-state index < -0.39 is 0 Å². The predicted octanol–water partition coefficient (Wildman–Crippen LogP) is 11.8. The van der Waals surface area contributed by atoms with E-state index in [1.165, 1.54) is 37.1 Å². The van der Waals surface area contributed by atoms with Gasteiger partial charge >= 0.3 is 0 Å². The van der Waals surface area contributed by atoms with E-state index >= 15 is 0 Å². The monoisotopic (exact) mass is 782 g/mol. The van der Waals surface area contributed by atoms with Crippen molar-refractivity contribution in [1.82, 2.24) is 0 Å². The summed E-state index contributed by atoms with van der Waals surface area (Å²) in [5.41, 5.74) is 9.99. The van der Waals surface area contributed by atoms with E-state index in [1.54, 1.807) is 24.3 Å². The molecule has 4 nitrogen and oxygen atoms in total. The van der Waals surface area contributed by atoms with Gasteiger partial charge in [-0.2, -0.15) is 10.5 Å². The van der Waals surface area contributed by atoms with Crippen LogP contribution in [0, 0.1) is 70.0 Å². The number of benzene rings is 5. The first kappa shape index (κ1) is 44.0. The molecule has 0 aliphatic rings. The van der Waals surface area contributed by atoms with E-state index in [0.29, 0.717) is 11.1 Å². The zero-order valence-electron chi connectivity index (χ0n) is 35.7. The highest BCUT2D eigenvalue weighted by atomic mass is 15.1. The molecule has 0 aromatic heterocycles. The van der Waals surface area contributed by atoms with Gasteiger partial charge in [-0.3, -0.25) is 0 Å². The van der Waals surface area contributed by atoms with Crippen LogP contribution in [0.2, 0.25) is 0 Å². The number of rotatable bonds is 14. The molecule has 0 atom stereocenters. The third-order valence-electron chi connectivity index (χ3n) is 10.1. The molecule has 0 bridgehead atoms. The quantitative estimate of drug-likeness (QED) is 0.105. The Kier molecular flexibility index (Phi) is 17.6. The summed E-state index contributed by atoms with van der Waals surface area (Å²) in [6, 6.07) is 39.9. The molecule has 298 valence electrons. The van der Waals surface area contributed by atoms with Crippen molar-refractivity contribution in [3.63, 3.8) is 0 Å². The lowest BCUT2D eigenvalue weighted by atomic mass is 9.97. The van der Waals surface area contributed by atoms with Gasteiger partial charge in [0.15, 0.2) is 0 Å². The molecular weight excluding hydrogens is 729 g/mol. The van der Waals surface area contributed by atoms with Crippen LogP contribution in [0.15, 0.2) is 109 Å². The highest BCUT2D eigenvalue weighted by Gasteiger charge is 2.09. The number of nitrogens with zero attached hydrogens (tertiary/aromatic N) is 4. The Morgan fingerprint density at radius 3 is 0.800 bits per heavy atom. The Morgan fingerprint density at radius 2 is 0.567 bits per heavy atom. The van der Waals surface area contributed by atoms with Crippen molar-refractivity contribution in [2.24, 2.45) is 0 Å². The van der Waals surface area contributed by atoms with Crippen molar-refractivity contribution < 1.29 is 0 Å². The molecule has 0 saturated heterocycles. The van der Waals surface area contributed by atoms with Crippen LogP contribution in [0.3, 0.4) is 0 Å². The maximum Gasteiger partial charge on any atom is 0.0991 e. The lowest BCUT2D eigenvalue weighted by Crippen LogP contribution is -2.25. The largest absolute Gasteiger partial charge is 0.372 e. The summed E-state index contributed by atoms with van der Waals surface area (Å²) >= 11 is 0. The van der Waals surface area contributed by atoms with E-state index in [4.69, 9.17) is 0 Å². The van der Waals surface area contributed by atoms with E-state index in [9.17, 15) is 10.5 Å². The fourth-order valence-electron chi connectivity index (χ4n) is 6.47. The number of hydrogen-bond acceptors (Lipinski definition) is 4. The second-order valence-electron chi connectivity index (χ2n) is 14.8. The summed E-state index contributed by atoms with van der Waals surface area (Å²) in [5, 5.41) is 18.6. The first-order valence-corrected chi connectivity index (χ1v) is 21.4. The van der Waals surface area contributed by atoms with Gasteiger partial charge in [-0.25, -0.2) is 0 Å². The molecule has 0 aliphatic heterocycles. The van der Waals surface area contributed by atoms with E-state index in [1.807, 2.05) is 36.4 Å². The summed E-state index contributed by atoms with van der Waals surface area (Å²) < 4.78 is 0. The molecule has 0 spiro atoms. The fraction of sp³-hybridized carbons (Fsp3) is 0.286. The van der Waals surface area contributed by atoms with Gasteiger partial charge in [0.05, 0.1) is 23.3 Å². The second kappa shape index (κ2) is 24.0. The van der Waals surface area contributed by atoms with Gasteiger partial charge in [0.2, 0.25) is 0 Å². The van der Waals surface area contributed by atoms with E-state index in [0.717, 1.165) is 96.4 Å². The average Bonchev–Trinajstić information content (AvgIpc) is 3.30. The Hall–Kier alpha value is -7.08. The topological polar surface area (TPSA) is 54.1 Å². The van der Waals surface area contributed by atoms with Gasteiger partial charge in [0.1, 0.15) is 0 Å². The van der Waals surface area contributed by atoms with Gasteiger partial charge < -0.3 is 9.80 Å². The van der Waals surface area contributed by atoms with E-state index in [-0.39, 0.29) is 0 Å². The van der Waals surface area contributed by atoms with Crippen molar-refractivity contribution >= 4 is 11.4 Å². The first-order valence-electron chi connectivity index (χ1n) is 21.4. The Balaban J connectivity index is 1.59. The van der Waals surface area contributed by atoms with Crippen LogP contribution in [0.5, 0.6) is 0 Å². The van der Waals surface area contributed by atoms with Crippen LogP contribution in [-0.4, -0.2) is 26.2 Å². The zero-order chi connectivity index (χ0) is 42.4. The Morgan fingerprint density at radius 1 is 0.333 bits per heavy atom. The average molecular weight is 783 g/mol. The highest BCUT2D eigenvalue weighted by Crippen LogP contribution is 2.21. The van der Waals surface area contributed by atoms with Crippen LogP contribution in [0.25, 0.3) is 0 Å². The molecule has 0 N–H and O–H groups in total. The van der Waals surface area contributed by atoms with Crippen LogP contribution >= 0.6 is 0 Å². The molecule has 4 heteroatoms. The van der Waals surface area contributed by atoms with Crippen molar-refractivity contribution in [2.45, 2.75) is 79.1 Å². The van der Waals surface area contributed by atoms with Gasteiger partial charge in [0.25, 0.3) is 0 Å². The van der Waals surface area contributed by atoms with Crippen molar-refractivity contribution in [1.29, 1.82) is 10.5 Å². The molecule has 5 aromatic carbocycles. The number of hydrogen-bond donors (Lipinski definition) is 0. The molecule has 0 saturated carbocycles. The molecule has 5 aromatic rings. The summed E-state index contributed by atoms with van der Waals surface area (Å²) in [4.78, 5) is 4.96. The first-order chi connectivity index (χ1) is 29.5. The smallest absolute Gasteiger partial charge is 0.0991 e. The van der Waals surface area contributed by atoms with Crippen LogP contribution < -0.4 is 9.80 Å². The van der Waals surface area contributed by atoms with E-state index in [2.05, 4.69) is 146 Å². The fourth-order valence-corrected chi connectivity index (χ4v) is 6.47. The molecule has 0 fully saturated rings. The van der Waals surface area contributed by atoms with Gasteiger partial charge in [-0.1, -0.05) is 101 Å². The standard InChI is InChI=1S/C56H54N4/c1-5-9-37-59(38-10-6-2)55-33-25-47(26-34-55)23-31-53-42-54(32-24-48-27-35-56(36-28-48)60(39-11-7-3)40-12-8-4)52(30-22-46-15-19-50(44-58)20-16-46)41-51(53)29-21-45-13-17-49(43-57)18-14-45/h13-20,25-28,33-36,41-42H,5-12,37-40H2,1-4H3. The summed E-state index contributed by atoms with van der Waals surface area (Å²) in [6.07, 6.45) is 9.32. The minimum Gasteiger partial charge on any atom is -0.372 e. The lowest BCUT2D eigenvalue weighted by Gasteiger charge is -2.24. The third-order valence-corrected chi connectivity index (χ3v) is 10.1. The number of anilines is 2. The van der Waals surface area contributed by atoms with Crippen LogP contribution in [0.4, 0.5) is 11.4 Å². The van der Waals surface area contributed by atoms with Gasteiger partial charge in [-0.05, 0) is 135 Å². The molecule has 0 aliphatic carbocycles. The highest BCUT2D eigenvalue weighted by molar-refractivity contribution is 5.65. The maximum absolute atomic E-state index is 9.32. The maximum atomic E-state index is 9.32. The van der Waals surface area contributed by atoms with Gasteiger partial charge in [-0.15, -0.1) is 0 Å². The molecule has 0 amide bonds. The predicted molar refractivity (Wildman–Crippen MR) is 250 cm³/mol. The zero-order valence-corrected chi connectivity index (χ0v) is 35.7. The Labute approximate surface area is 359 Å². The molecule has 0 unspecified atom stereocenters. The minimum absolute atomic E-state index is 0.584. The SMILES string of the molecule is CCCCN(CCCC)c1ccc(C#Cc2cc(C#Cc3ccc(N(CCCC)CCCC)cc3)c(C#Cc3ccc(C#N)cc3)cc2C#Cc2ccc(C#N)cc2)cc1. The Bertz CT molecular complexity index is 2310. The molecule has 60 heavy (non-hydrogen) atoms. The van der Waals surface area contributed by atoms with Crippen LogP contribution in [-0.2, 0) is 0 Å². The second-order valence-corrected chi connectivity index (χ2v) is 14.8. The van der Waals surface area contributed by atoms with Crippen LogP contribution in [0.1, 0.15) is 135 Å². The molecule has 5 rings (SSSR count). The third kappa shape index (κ3) is 13.5. The normalized spacial score (nSPS) is 9.90. The van der Waals surface area contributed by atoms with Crippen molar-refractivity contribution in [2.75, 3.05) is 36.0 Å². The summed E-state index contributed by atoms with van der Waals surface area (Å²) in [7, 11) is 0. The summed E-state index contributed by atoms with van der Waals surface area (Å²) in [6.45, 7) is 13.1. The molecular formula is C56H54N4. The number of unbranched alkanes of at least 4 members (excludes halogenated alkanes) is 4. The van der Waals surface area contributed by atoms with Crippen molar-refractivity contribution in [3.05, 3.63) is 165 Å². The molecule has 0 heterocycles.